The SMILES string of the molecule is COc1ccc2c(c1)CC(C(=O)N1CCN(C(C)CC(=O)O)CC1)CO2. The molecule has 0 bridgehead atoms. The minimum atomic E-state index is -0.788. The van der Waals surface area contributed by atoms with Crippen LogP contribution in [0, 0.1) is 5.92 Å². The Labute approximate surface area is 153 Å². The number of methoxy groups -OCH3 is 1. The fraction of sp³-hybridized carbons (Fsp3) is 0.579. The number of piperazine rings is 1. The largest absolute Gasteiger partial charge is 0.497 e. The Kier molecular flexibility index (Phi) is 5.66. The number of carboxylic acids is 1. The van der Waals surface area contributed by atoms with Crippen LogP contribution in [-0.4, -0.2) is 72.7 Å². The van der Waals surface area contributed by atoms with Crippen molar-refractivity contribution in [1.82, 2.24) is 9.80 Å². The van der Waals surface area contributed by atoms with E-state index in [2.05, 4.69) is 4.90 Å². The van der Waals surface area contributed by atoms with Gasteiger partial charge < -0.3 is 19.5 Å². The van der Waals surface area contributed by atoms with Gasteiger partial charge >= 0.3 is 5.97 Å². The van der Waals surface area contributed by atoms with E-state index in [-0.39, 0.29) is 24.3 Å². The summed E-state index contributed by atoms with van der Waals surface area (Å²) in [6.45, 7) is 4.99. The lowest BCUT2D eigenvalue weighted by Crippen LogP contribution is -2.53. The molecular weight excluding hydrogens is 336 g/mol. The van der Waals surface area contributed by atoms with Crippen molar-refractivity contribution in [3.05, 3.63) is 23.8 Å². The van der Waals surface area contributed by atoms with E-state index in [0.717, 1.165) is 17.1 Å². The smallest absolute Gasteiger partial charge is 0.304 e. The summed E-state index contributed by atoms with van der Waals surface area (Å²) in [4.78, 5) is 27.8. The van der Waals surface area contributed by atoms with Gasteiger partial charge in [0.15, 0.2) is 0 Å². The number of rotatable bonds is 5. The van der Waals surface area contributed by atoms with Gasteiger partial charge in [0.05, 0.1) is 19.4 Å². The maximum absolute atomic E-state index is 12.9. The van der Waals surface area contributed by atoms with Crippen LogP contribution in [0.4, 0.5) is 0 Å². The Bertz CT molecular complexity index is 670. The predicted molar refractivity (Wildman–Crippen MR) is 95.6 cm³/mol. The van der Waals surface area contributed by atoms with Crippen LogP contribution in [0.5, 0.6) is 11.5 Å². The molecule has 1 aromatic carbocycles. The Morgan fingerprint density at radius 2 is 2.04 bits per heavy atom. The van der Waals surface area contributed by atoms with Gasteiger partial charge in [0, 0.05) is 32.2 Å². The van der Waals surface area contributed by atoms with Crippen molar-refractivity contribution in [3.63, 3.8) is 0 Å². The maximum Gasteiger partial charge on any atom is 0.304 e. The number of ether oxygens (including phenoxy) is 2. The van der Waals surface area contributed by atoms with Gasteiger partial charge in [0.25, 0.3) is 0 Å². The van der Waals surface area contributed by atoms with E-state index < -0.39 is 5.97 Å². The zero-order valence-electron chi connectivity index (χ0n) is 15.3. The molecule has 1 aromatic rings. The predicted octanol–water partition coefficient (Wildman–Crippen LogP) is 1.25. The van der Waals surface area contributed by atoms with E-state index in [1.165, 1.54) is 0 Å². The summed E-state index contributed by atoms with van der Waals surface area (Å²) in [5.74, 6) is 0.731. The zero-order chi connectivity index (χ0) is 18.7. The molecule has 2 heterocycles. The molecule has 1 saturated heterocycles. The van der Waals surface area contributed by atoms with Gasteiger partial charge in [-0.05, 0) is 37.1 Å². The lowest BCUT2D eigenvalue weighted by Gasteiger charge is -2.39. The average Bonchev–Trinajstić information content (AvgIpc) is 2.66. The Morgan fingerprint density at radius 3 is 2.69 bits per heavy atom. The fourth-order valence-electron chi connectivity index (χ4n) is 3.68. The molecule has 7 nitrogen and oxygen atoms in total. The molecule has 2 atom stereocenters. The topological polar surface area (TPSA) is 79.3 Å². The molecule has 2 aliphatic rings. The zero-order valence-corrected chi connectivity index (χ0v) is 15.3. The number of fused-ring (bicyclic) bond motifs is 1. The highest BCUT2D eigenvalue weighted by molar-refractivity contribution is 5.80. The second kappa shape index (κ2) is 7.95. The van der Waals surface area contributed by atoms with Gasteiger partial charge in [0.2, 0.25) is 5.91 Å². The normalized spacial score (nSPS) is 21.5. The van der Waals surface area contributed by atoms with Gasteiger partial charge in [-0.1, -0.05) is 0 Å². The highest BCUT2D eigenvalue weighted by Gasteiger charge is 2.32. The van der Waals surface area contributed by atoms with E-state index in [9.17, 15) is 9.59 Å². The lowest BCUT2D eigenvalue weighted by atomic mass is 9.95. The molecule has 0 aliphatic carbocycles. The molecule has 0 aromatic heterocycles. The molecular formula is C19H26N2O5. The number of carbonyl (C=O) groups excluding carboxylic acids is 1. The molecule has 0 radical (unpaired) electrons. The van der Waals surface area contributed by atoms with Gasteiger partial charge in [-0.15, -0.1) is 0 Å². The second-order valence-electron chi connectivity index (χ2n) is 6.99. The number of nitrogens with zero attached hydrogens (tertiary/aromatic N) is 2. The fourth-order valence-corrected chi connectivity index (χ4v) is 3.68. The first kappa shape index (κ1) is 18.5. The van der Waals surface area contributed by atoms with Crippen LogP contribution in [0.3, 0.4) is 0 Å². The number of carbonyl (C=O) groups is 2. The number of amides is 1. The first-order valence-corrected chi connectivity index (χ1v) is 9.02. The van der Waals surface area contributed by atoms with Crippen molar-refractivity contribution in [2.24, 2.45) is 5.92 Å². The molecule has 1 fully saturated rings. The monoisotopic (exact) mass is 362 g/mol. The summed E-state index contributed by atoms with van der Waals surface area (Å²) < 4.78 is 11.0. The molecule has 142 valence electrons. The number of hydrogen-bond acceptors (Lipinski definition) is 5. The standard InChI is InChI=1S/C19H26N2O5/c1-13(9-18(22)23)20-5-7-21(8-6-20)19(24)15-10-14-11-16(25-2)3-4-17(14)26-12-15/h3-4,11,13,15H,5-10,12H2,1-2H3,(H,22,23). The lowest BCUT2D eigenvalue weighted by molar-refractivity contribution is -0.141. The van der Waals surface area contributed by atoms with E-state index in [1.54, 1.807) is 7.11 Å². The summed E-state index contributed by atoms with van der Waals surface area (Å²) in [7, 11) is 1.62. The van der Waals surface area contributed by atoms with Gasteiger partial charge in [-0.25, -0.2) is 0 Å². The van der Waals surface area contributed by atoms with Crippen LogP contribution in [-0.2, 0) is 16.0 Å². The summed E-state index contributed by atoms with van der Waals surface area (Å²) >= 11 is 0. The minimum Gasteiger partial charge on any atom is -0.497 e. The number of carboxylic acid groups (broad SMARTS) is 1. The van der Waals surface area contributed by atoms with E-state index >= 15 is 0 Å². The Morgan fingerprint density at radius 1 is 1.31 bits per heavy atom. The summed E-state index contributed by atoms with van der Waals surface area (Å²) in [6.07, 6.45) is 0.782. The molecule has 0 spiro atoms. The molecule has 1 N–H and O–H groups in total. The Balaban J connectivity index is 1.56. The van der Waals surface area contributed by atoms with Crippen LogP contribution in [0.25, 0.3) is 0 Å². The molecule has 1 amide bonds. The quantitative estimate of drug-likeness (QED) is 0.849. The van der Waals surface area contributed by atoms with Gasteiger partial charge in [-0.3, -0.25) is 14.5 Å². The molecule has 3 rings (SSSR count). The number of hydrogen-bond donors (Lipinski definition) is 1. The first-order valence-electron chi connectivity index (χ1n) is 9.02. The third-order valence-electron chi connectivity index (χ3n) is 5.24. The van der Waals surface area contributed by atoms with Crippen LogP contribution in [0.1, 0.15) is 18.9 Å². The van der Waals surface area contributed by atoms with Gasteiger partial charge in [0.1, 0.15) is 18.1 Å². The molecule has 2 unspecified atom stereocenters. The third-order valence-corrected chi connectivity index (χ3v) is 5.24. The van der Waals surface area contributed by atoms with Crippen LogP contribution >= 0.6 is 0 Å². The van der Waals surface area contributed by atoms with Crippen LogP contribution in [0.2, 0.25) is 0 Å². The third kappa shape index (κ3) is 4.09. The highest BCUT2D eigenvalue weighted by atomic mass is 16.5. The van der Waals surface area contributed by atoms with Crippen molar-refractivity contribution < 1.29 is 24.2 Å². The van der Waals surface area contributed by atoms with Crippen molar-refractivity contribution in [1.29, 1.82) is 0 Å². The molecule has 2 aliphatic heterocycles. The maximum atomic E-state index is 12.9. The van der Waals surface area contributed by atoms with Crippen LogP contribution < -0.4 is 9.47 Å². The highest BCUT2D eigenvalue weighted by Crippen LogP contribution is 2.31. The molecule has 7 heteroatoms. The van der Waals surface area contributed by atoms with Crippen molar-refractivity contribution >= 4 is 11.9 Å². The van der Waals surface area contributed by atoms with E-state index in [4.69, 9.17) is 14.6 Å². The number of benzene rings is 1. The number of aliphatic carboxylic acids is 1. The van der Waals surface area contributed by atoms with Crippen molar-refractivity contribution in [2.45, 2.75) is 25.8 Å². The minimum absolute atomic E-state index is 0.0119. The van der Waals surface area contributed by atoms with Crippen molar-refractivity contribution in [3.8, 4) is 11.5 Å². The Hall–Kier alpha value is -2.28. The van der Waals surface area contributed by atoms with Crippen molar-refractivity contribution in [2.75, 3.05) is 39.9 Å². The average molecular weight is 362 g/mol. The second-order valence-corrected chi connectivity index (χ2v) is 6.99. The molecule has 0 saturated carbocycles. The summed E-state index contributed by atoms with van der Waals surface area (Å²) in [5, 5.41) is 8.93. The summed E-state index contributed by atoms with van der Waals surface area (Å²) in [5.41, 5.74) is 1.00. The van der Waals surface area contributed by atoms with Crippen LogP contribution in [0.15, 0.2) is 18.2 Å². The summed E-state index contributed by atoms with van der Waals surface area (Å²) in [6, 6.07) is 5.66. The first-order chi connectivity index (χ1) is 12.5. The van der Waals surface area contributed by atoms with E-state index in [1.807, 2.05) is 30.0 Å². The van der Waals surface area contributed by atoms with E-state index in [0.29, 0.717) is 39.2 Å². The van der Waals surface area contributed by atoms with Gasteiger partial charge in [-0.2, -0.15) is 0 Å². The molecule has 26 heavy (non-hydrogen) atoms.